The van der Waals surface area contributed by atoms with Crippen LogP contribution in [0.3, 0.4) is 0 Å². The highest BCUT2D eigenvalue weighted by Gasteiger charge is 2.15. The molecule has 0 fully saturated rings. The van der Waals surface area contributed by atoms with Crippen molar-refractivity contribution in [3.05, 3.63) is 35.5 Å². The van der Waals surface area contributed by atoms with Gasteiger partial charge in [-0.15, -0.1) is 0 Å². The van der Waals surface area contributed by atoms with Crippen molar-refractivity contribution in [2.45, 2.75) is 25.8 Å². The first-order valence-corrected chi connectivity index (χ1v) is 6.92. The monoisotopic (exact) mass is 291 g/mol. The third kappa shape index (κ3) is 3.52. The van der Waals surface area contributed by atoms with Gasteiger partial charge in [-0.2, -0.15) is 4.98 Å². The van der Waals surface area contributed by atoms with Gasteiger partial charge in [-0.05, 0) is 31.2 Å². The highest BCUT2D eigenvalue weighted by Crippen LogP contribution is 2.28. The van der Waals surface area contributed by atoms with Gasteiger partial charge in [-0.3, -0.25) is 0 Å². The van der Waals surface area contributed by atoms with Crippen molar-refractivity contribution in [2.24, 2.45) is 0 Å². The van der Waals surface area contributed by atoms with Crippen LogP contribution in [0.1, 0.15) is 36.7 Å². The molecule has 6 heteroatoms. The van der Waals surface area contributed by atoms with Crippen LogP contribution in [-0.2, 0) is 6.42 Å². The van der Waals surface area contributed by atoms with Crippen LogP contribution in [0.2, 0.25) is 0 Å². The van der Waals surface area contributed by atoms with Crippen molar-refractivity contribution in [3.8, 4) is 11.5 Å². The Morgan fingerprint density at radius 3 is 2.62 bits per heavy atom. The standard InChI is InChI=1S/C15H21N3O3/c1-5-11(16-2)15-17-14(18-21-15)9-10-6-7-12(19-3)13(8-10)20-4/h6-8,11,16H,5,9H2,1-4H3. The molecule has 0 radical (unpaired) electrons. The van der Waals surface area contributed by atoms with E-state index in [0.29, 0.717) is 29.6 Å². The number of ether oxygens (including phenoxy) is 2. The zero-order chi connectivity index (χ0) is 15.2. The number of benzene rings is 1. The van der Waals surface area contributed by atoms with Gasteiger partial charge in [0.25, 0.3) is 0 Å². The predicted molar refractivity (Wildman–Crippen MR) is 78.7 cm³/mol. The first-order valence-electron chi connectivity index (χ1n) is 6.92. The Balaban J connectivity index is 2.15. The van der Waals surface area contributed by atoms with Gasteiger partial charge in [-0.25, -0.2) is 0 Å². The summed E-state index contributed by atoms with van der Waals surface area (Å²) in [6.45, 7) is 2.07. The maximum atomic E-state index is 5.30. The molecule has 0 amide bonds. The molecule has 0 aliphatic rings. The second-order valence-electron chi connectivity index (χ2n) is 4.66. The predicted octanol–water partition coefficient (Wildman–Crippen LogP) is 2.35. The molecule has 0 aliphatic carbocycles. The Hall–Kier alpha value is -2.08. The van der Waals surface area contributed by atoms with Gasteiger partial charge in [0.1, 0.15) is 0 Å². The van der Waals surface area contributed by atoms with Gasteiger partial charge in [0, 0.05) is 6.42 Å². The number of nitrogens with zero attached hydrogens (tertiary/aromatic N) is 2. The lowest BCUT2D eigenvalue weighted by Crippen LogP contribution is -2.15. The molecule has 0 aliphatic heterocycles. The SMILES string of the molecule is CCC(NC)c1nc(Cc2ccc(OC)c(OC)c2)no1. The van der Waals surface area contributed by atoms with E-state index >= 15 is 0 Å². The molecule has 0 spiro atoms. The zero-order valence-corrected chi connectivity index (χ0v) is 12.8. The van der Waals surface area contributed by atoms with Crippen molar-refractivity contribution >= 4 is 0 Å². The second-order valence-corrected chi connectivity index (χ2v) is 4.66. The fourth-order valence-electron chi connectivity index (χ4n) is 2.16. The molecular formula is C15H21N3O3. The number of hydrogen-bond acceptors (Lipinski definition) is 6. The van der Waals surface area contributed by atoms with Crippen LogP contribution in [0.25, 0.3) is 0 Å². The van der Waals surface area contributed by atoms with E-state index in [1.807, 2.05) is 25.2 Å². The average Bonchev–Trinajstić information content (AvgIpc) is 2.96. The fraction of sp³-hybridized carbons (Fsp3) is 0.467. The highest BCUT2D eigenvalue weighted by molar-refractivity contribution is 5.43. The van der Waals surface area contributed by atoms with E-state index < -0.39 is 0 Å². The Morgan fingerprint density at radius 1 is 1.24 bits per heavy atom. The number of hydrogen-bond donors (Lipinski definition) is 1. The van der Waals surface area contributed by atoms with Crippen LogP contribution >= 0.6 is 0 Å². The molecule has 2 rings (SSSR count). The van der Waals surface area contributed by atoms with E-state index in [2.05, 4.69) is 22.4 Å². The van der Waals surface area contributed by atoms with Gasteiger partial charge in [0.15, 0.2) is 17.3 Å². The molecule has 1 unspecified atom stereocenters. The van der Waals surface area contributed by atoms with Crippen molar-refractivity contribution in [2.75, 3.05) is 21.3 Å². The minimum atomic E-state index is 0.0941. The number of methoxy groups -OCH3 is 2. The highest BCUT2D eigenvalue weighted by atomic mass is 16.5. The summed E-state index contributed by atoms with van der Waals surface area (Å²) in [7, 11) is 5.12. The topological polar surface area (TPSA) is 69.4 Å². The minimum absolute atomic E-state index is 0.0941. The second kappa shape index (κ2) is 7.08. The Kier molecular flexibility index (Phi) is 5.16. The van der Waals surface area contributed by atoms with Crippen LogP contribution in [0, 0.1) is 0 Å². The van der Waals surface area contributed by atoms with E-state index in [1.165, 1.54) is 0 Å². The van der Waals surface area contributed by atoms with Gasteiger partial charge < -0.3 is 19.3 Å². The first-order chi connectivity index (χ1) is 10.2. The van der Waals surface area contributed by atoms with Crippen LogP contribution in [0.15, 0.2) is 22.7 Å². The van der Waals surface area contributed by atoms with Gasteiger partial charge in [0.2, 0.25) is 5.89 Å². The Morgan fingerprint density at radius 2 is 2.00 bits per heavy atom. The Bertz CT molecular complexity index is 579. The first kappa shape index (κ1) is 15.3. The van der Waals surface area contributed by atoms with Crippen molar-refractivity contribution in [1.29, 1.82) is 0 Å². The molecule has 2 aromatic rings. The van der Waals surface area contributed by atoms with Crippen molar-refractivity contribution in [3.63, 3.8) is 0 Å². The molecule has 6 nitrogen and oxygen atoms in total. The molecule has 1 aromatic carbocycles. The summed E-state index contributed by atoms with van der Waals surface area (Å²) in [6.07, 6.45) is 1.48. The van der Waals surface area contributed by atoms with Crippen molar-refractivity contribution in [1.82, 2.24) is 15.5 Å². The maximum absolute atomic E-state index is 5.30. The third-order valence-corrected chi connectivity index (χ3v) is 3.35. The normalized spacial score (nSPS) is 12.2. The summed E-state index contributed by atoms with van der Waals surface area (Å²) in [5, 5.41) is 7.17. The minimum Gasteiger partial charge on any atom is -0.493 e. The molecule has 0 saturated carbocycles. The summed E-state index contributed by atoms with van der Waals surface area (Å²) in [4.78, 5) is 4.43. The lowest BCUT2D eigenvalue weighted by molar-refractivity contribution is 0.331. The zero-order valence-electron chi connectivity index (χ0n) is 12.8. The summed E-state index contributed by atoms with van der Waals surface area (Å²) in [6, 6.07) is 5.85. The smallest absolute Gasteiger partial charge is 0.243 e. The fourth-order valence-corrected chi connectivity index (χ4v) is 2.16. The largest absolute Gasteiger partial charge is 0.493 e. The van der Waals surface area contributed by atoms with Crippen molar-refractivity contribution < 1.29 is 14.0 Å². The summed E-state index contributed by atoms with van der Waals surface area (Å²) in [5.41, 5.74) is 1.04. The van der Waals surface area contributed by atoms with E-state index in [4.69, 9.17) is 14.0 Å². The molecule has 1 heterocycles. The molecule has 114 valence electrons. The van der Waals surface area contributed by atoms with E-state index in [-0.39, 0.29) is 6.04 Å². The van der Waals surface area contributed by atoms with Gasteiger partial charge >= 0.3 is 0 Å². The van der Waals surface area contributed by atoms with E-state index in [1.54, 1.807) is 14.2 Å². The summed E-state index contributed by atoms with van der Waals surface area (Å²) < 4.78 is 15.8. The number of nitrogens with one attached hydrogen (secondary N) is 1. The molecule has 0 saturated heterocycles. The lowest BCUT2D eigenvalue weighted by atomic mass is 10.1. The van der Waals surface area contributed by atoms with E-state index in [0.717, 1.165) is 12.0 Å². The van der Waals surface area contributed by atoms with Crippen LogP contribution in [0.5, 0.6) is 11.5 Å². The van der Waals surface area contributed by atoms with Gasteiger partial charge in [0.05, 0.1) is 20.3 Å². The molecule has 1 N–H and O–H groups in total. The lowest BCUT2D eigenvalue weighted by Gasteiger charge is -2.08. The van der Waals surface area contributed by atoms with E-state index in [9.17, 15) is 0 Å². The summed E-state index contributed by atoms with van der Waals surface area (Å²) >= 11 is 0. The number of rotatable bonds is 7. The van der Waals surface area contributed by atoms with Crippen LogP contribution in [-0.4, -0.2) is 31.4 Å². The molecular weight excluding hydrogens is 270 g/mol. The maximum Gasteiger partial charge on any atom is 0.243 e. The van der Waals surface area contributed by atoms with Gasteiger partial charge in [-0.1, -0.05) is 18.1 Å². The third-order valence-electron chi connectivity index (χ3n) is 3.35. The molecule has 1 atom stereocenters. The average molecular weight is 291 g/mol. The molecule has 21 heavy (non-hydrogen) atoms. The Labute approximate surface area is 124 Å². The quantitative estimate of drug-likeness (QED) is 0.844. The number of aromatic nitrogens is 2. The summed E-state index contributed by atoms with van der Waals surface area (Å²) in [5.74, 6) is 2.68. The van der Waals surface area contributed by atoms with Crippen LogP contribution < -0.4 is 14.8 Å². The van der Waals surface area contributed by atoms with Crippen LogP contribution in [0.4, 0.5) is 0 Å². The molecule has 1 aromatic heterocycles. The molecule has 0 bridgehead atoms.